The van der Waals surface area contributed by atoms with Crippen molar-refractivity contribution in [2.75, 3.05) is 23.1 Å². The number of alkyl halides is 2. The van der Waals surface area contributed by atoms with E-state index in [2.05, 4.69) is 57.4 Å². The predicted octanol–water partition coefficient (Wildman–Crippen LogP) is 2.53. The van der Waals surface area contributed by atoms with Gasteiger partial charge in [0.25, 0.3) is 0 Å². The normalized spacial score (nSPS) is 16.8. The highest BCUT2D eigenvalue weighted by molar-refractivity contribution is 14.1. The maximum absolute atomic E-state index is 3.19. The molecule has 0 aromatic heterocycles. The quantitative estimate of drug-likeness (QED) is 0.577. The van der Waals surface area contributed by atoms with Crippen molar-refractivity contribution in [3.8, 4) is 0 Å². The van der Waals surface area contributed by atoms with Gasteiger partial charge in [-0.25, -0.2) is 0 Å². The van der Waals surface area contributed by atoms with Crippen LogP contribution in [0.15, 0.2) is 0 Å². The smallest absolute Gasteiger partial charge is 0.0454 e. The lowest BCUT2D eigenvalue weighted by atomic mass is 10.2. The number of hydrogen-bond acceptors (Lipinski definition) is 2. The van der Waals surface area contributed by atoms with Crippen molar-refractivity contribution in [2.45, 2.75) is 10.3 Å². The van der Waals surface area contributed by atoms with Gasteiger partial charge in [-0.3, -0.25) is 0 Å². The Morgan fingerprint density at radius 3 is 2.60 bits per heavy atom. The van der Waals surface area contributed by atoms with E-state index in [4.69, 9.17) is 0 Å². The van der Waals surface area contributed by atoms with Crippen LogP contribution in [0.2, 0.25) is 0 Å². The molecule has 1 N–H and O–H groups in total. The topological polar surface area (TPSA) is 12.0 Å². The van der Waals surface area contributed by atoms with Crippen LogP contribution >= 0.6 is 56.9 Å². The van der Waals surface area contributed by atoms with E-state index in [1.165, 1.54) is 9.51 Å². The Morgan fingerprint density at radius 1 is 1.60 bits per heavy atom. The van der Waals surface area contributed by atoms with Gasteiger partial charge in [0.15, 0.2) is 0 Å². The standard InChI is InChI=1S/C6H13I2NS/c1-6(8,3-9-2)4-10-5-7/h9H,3-5H2,1-2H3. The van der Waals surface area contributed by atoms with E-state index in [-0.39, 0.29) is 0 Å². The summed E-state index contributed by atoms with van der Waals surface area (Å²) in [6.07, 6.45) is 0. The van der Waals surface area contributed by atoms with E-state index >= 15 is 0 Å². The van der Waals surface area contributed by atoms with Crippen LogP contribution in [0.3, 0.4) is 0 Å². The molecule has 1 nitrogen and oxygen atoms in total. The summed E-state index contributed by atoms with van der Waals surface area (Å²) in [6.45, 7) is 3.38. The second kappa shape index (κ2) is 6.30. The molecule has 0 aromatic rings. The Labute approximate surface area is 94.8 Å². The molecule has 0 radical (unpaired) electrons. The highest BCUT2D eigenvalue weighted by atomic mass is 127. The Hall–Kier alpha value is 1.77. The minimum Gasteiger partial charge on any atom is -0.318 e. The summed E-state index contributed by atoms with van der Waals surface area (Å²) in [5.74, 6) is 1.23. The zero-order valence-corrected chi connectivity index (χ0v) is 11.4. The largest absolute Gasteiger partial charge is 0.318 e. The van der Waals surface area contributed by atoms with Crippen LogP contribution < -0.4 is 5.32 Å². The van der Waals surface area contributed by atoms with Crippen molar-refractivity contribution in [3.05, 3.63) is 0 Å². The van der Waals surface area contributed by atoms with Crippen LogP contribution in [-0.4, -0.2) is 26.5 Å². The summed E-state index contributed by atoms with van der Waals surface area (Å²) in [4.78, 5) is 0. The van der Waals surface area contributed by atoms with Gasteiger partial charge in [-0.15, -0.1) is 11.8 Å². The monoisotopic (exact) mass is 385 g/mol. The Morgan fingerprint density at radius 2 is 2.20 bits per heavy atom. The van der Waals surface area contributed by atoms with Crippen molar-refractivity contribution in [2.24, 2.45) is 0 Å². The van der Waals surface area contributed by atoms with Gasteiger partial charge in [-0.1, -0.05) is 45.2 Å². The average Bonchev–Trinajstić information content (AvgIpc) is 1.84. The van der Waals surface area contributed by atoms with Crippen LogP contribution in [0.25, 0.3) is 0 Å². The molecule has 0 saturated heterocycles. The molecule has 4 heteroatoms. The number of hydrogen-bond donors (Lipinski definition) is 1. The van der Waals surface area contributed by atoms with E-state index < -0.39 is 0 Å². The lowest BCUT2D eigenvalue weighted by Gasteiger charge is -2.20. The summed E-state index contributed by atoms with van der Waals surface area (Å²) >= 11 is 6.90. The molecule has 0 heterocycles. The van der Waals surface area contributed by atoms with Gasteiger partial charge < -0.3 is 5.32 Å². The summed E-state index contributed by atoms with van der Waals surface area (Å²) in [7, 11) is 2.01. The van der Waals surface area contributed by atoms with Gasteiger partial charge >= 0.3 is 0 Å². The van der Waals surface area contributed by atoms with Crippen LogP contribution in [0.5, 0.6) is 0 Å². The summed E-state index contributed by atoms with van der Waals surface area (Å²) in [6, 6.07) is 0. The maximum atomic E-state index is 3.19. The first kappa shape index (κ1) is 11.8. The van der Waals surface area contributed by atoms with Gasteiger partial charge in [-0.2, -0.15) is 0 Å². The Balaban J connectivity index is 3.42. The number of rotatable bonds is 5. The molecule has 0 rings (SSSR count). The highest BCUT2D eigenvalue weighted by Gasteiger charge is 2.17. The molecule has 62 valence electrons. The SMILES string of the molecule is CNCC(C)(I)CSCI. The van der Waals surface area contributed by atoms with Crippen molar-refractivity contribution in [1.29, 1.82) is 0 Å². The lowest BCUT2D eigenvalue weighted by molar-refractivity contribution is 0.676. The second-order valence-corrected chi connectivity index (χ2v) is 7.79. The number of nitrogens with one attached hydrogen (secondary N) is 1. The minimum absolute atomic E-state index is 0.419. The Bertz CT molecular complexity index is 87.8. The van der Waals surface area contributed by atoms with Gasteiger partial charge in [0.2, 0.25) is 0 Å². The first-order chi connectivity index (χ1) is 4.62. The van der Waals surface area contributed by atoms with E-state index in [1.54, 1.807) is 0 Å². The second-order valence-electron chi connectivity index (χ2n) is 2.40. The molecule has 0 bridgehead atoms. The minimum atomic E-state index is 0.419. The molecule has 10 heavy (non-hydrogen) atoms. The average molecular weight is 385 g/mol. The van der Waals surface area contributed by atoms with Crippen LogP contribution in [0.1, 0.15) is 6.92 Å². The Kier molecular flexibility index (Phi) is 7.42. The van der Waals surface area contributed by atoms with Crippen molar-refractivity contribution in [3.63, 3.8) is 0 Å². The van der Waals surface area contributed by atoms with Crippen molar-refractivity contribution >= 4 is 56.9 Å². The van der Waals surface area contributed by atoms with Gasteiger partial charge in [0.1, 0.15) is 0 Å². The molecule has 1 atom stereocenters. The van der Waals surface area contributed by atoms with Crippen LogP contribution in [0, 0.1) is 0 Å². The first-order valence-electron chi connectivity index (χ1n) is 3.09. The lowest BCUT2D eigenvalue weighted by Crippen LogP contribution is -2.32. The summed E-state index contributed by atoms with van der Waals surface area (Å²) in [5, 5.41) is 3.19. The van der Waals surface area contributed by atoms with E-state index in [9.17, 15) is 0 Å². The zero-order valence-electron chi connectivity index (χ0n) is 6.29. The molecule has 0 saturated carbocycles. The molecule has 0 spiro atoms. The third kappa shape index (κ3) is 6.48. The number of thioether (sulfide) groups is 1. The third-order valence-electron chi connectivity index (χ3n) is 1.03. The van der Waals surface area contributed by atoms with E-state index in [0.29, 0.717) is 3.42 Å². The van der Waals surface area contributed by atoms with E-state index in [1.807, 2.05) is 18.8 Å². The zero-order chi connectivity index (χ0) is 8.04. The van der Waals surface area contributed by atoms with E-state index in [0.717, 1.165) is 6.54 Å². The molecule has 0 amide bonds. The maximum Gasteiger partial charge on any atom is 0.0454 e. The van der Waals surface area contributed by atoms with Gasteiger partial charge in [0, 0.05) is 19.5 Å². The fraction of sp³-hybridized carbons (Fsp3) is 1.00. The fourth-order valence-corrected chi connectivity index (χ4v) is 2.98. The van der Waals surface area contributed by atoms with Crippen LogP contribution in [0.4, 0.5) is 0 Å². The van der Waals surface area contributed by atoms with Crippen molar-refractivity contribution < 1.29 is 0 Å². The fourth-order valence-electron chi connectivity index (χ4n) is 0.671. The molecule has 0 aliphatic rings. The number of halogens is 2. The molecule has 0 aromatic carbocycles. The summed E-state index contributed by atoms with van der Waals surface area (Å²) < 4.78 is 1.61. The molecular formula is C6H13I2NS. The molecular weight excluding hydrogens is 372 g/mol. The predicted molar refractivity (Wildman–Crippen MR) is 67.7 cm³/mol. The molecule has 0 fully saturated rings. The van der Waals surface area contributed by atoms with Gasteiger partial charge in [0.05, 0.1) is 0 Å². The molecule has 1 unspecified atom stereocenters. The summed E-state index contributed by atoms with van der Waals surface area (Å²) in [5.41, 5.74) is 0. The first-order valence-corrected chi connectivity index (χ1v) is 6.85. The molecule has 0 aliphatic heterocycles. The van der Waals surface area contributed by atoms with Crippen LogP contribution in [-0.2, 0) is 0 Å². The molecule has 0 aliphatic carbocycles. The third-order valence-corrected chi connectivity index (χ3v) is 4.62. The highest BCUT2D eigenvalue weighted by Crippen LogP contribution is 2.23. The van der Waals surface area contributed by atoms with Crippen molar-refractivity contribution in [1.82, 2.24) is 5.32 Å². The van der Waals surface area contributed by atoms with Gasteiger partial charge in [-0.05, 0) is 14.0 Å².